The van der Waals surface area contributed by atoms with Crippen molar-refractivity contribution in [3.8, 4) is 11.3 Å². The first kappa shape index (κ1) is 14.9. The van der Waals surface area contributed by atoms with Gasteiger partial charge < -0.3 is 14.3 Å². The number of carbonyl (C=O) groups excluding carboxylic acids is 2. The van der Waals surface area contributed by atoms with Crippen molar-refractivity contribution in [2.75, 3.05) is 13.1 Å². The number of benzene rings is 1. The van der Waals surface area contributed by atoms with Crippen molar-refractivity contribution < 1.29 is 14.1 Å². The molecule has 1 aromatic heterocycles. The second-order valence-electron chi connectivity index (χ2n) is 6.48. The van der Waals surface area contributed by atoms with Crippen LogP contribution in [-0.4, -0.2) is 45.9 Å². The van der Waals surface area contributed by atoms with Crippen molar-refractivity contribution in [3.63, 3.8) is 0 Å². The van der Waals surface area contributed by atoms with Crippen molar-refractivity contribution in [2.24, 2.45) is 0 Å². The summed E-state index contributed by atoms with van der Waals surface area (Å²) in [6.07, 6.45) is 1.65. The number of carbonyl (C=O) groups is 2. The van der Waals surface area contributed by atoms with E-state index in [4.69, 9.17) is 4.52 Å². The third-order valence-electron chi connectivity index (χ3n) is 4.75. The summed E-state index contributed by atoms with van der Waals surface area (Å²) < 4.78 is 5.38. The zero-order valence-electron chi connectivity index (χ0n) is 13.6. The smallest absolute Gasteiger partial charge is 0.246 e. The van der Waals surface area contributed by atoms with Gasteiger partial charge in [-0.2, -0.15) is 0 Å². The predicted octanol–water partition coefficient (Wildman–Crippen LogP) is 1.98. The summed E-state index contributed by atoms with van der Waals surface area (Å²) in [6.45, 7) is 3.13. The highest BCUT2D eigenvalue weighted by molar-refractivity contribution is 5.95. The maximum Gasteiger partial charge on any atom is 0.246 e. The molecule has 2 aromatic rings. The molecule has 2 amide bonds. The summed E-state index contributed by atoms with van der Waals surface area (Å²) in [7, 11) is 0. The van der Waals surface area contributed by atoms with E-state index < -0.39 is 0 Å². The Morgan fingerprint density at radius 1 is 1.25 bits per heavy atom. The average molecular weight is 325 g/mol. The summed E-state index contributed by atoms with van der Waals surface area (Å²) in [5.74, 6) is 0.633. The molecule has 6 heteroatoms. The summed E-state index contributed by atoms with van der Waals surface area (Å²) >= 11 is 0. The van der Waals surface area contributed by atoms with Crippen LogP contribution in [0.25, 0.3) is 11.3 Å². The topological polar surface area (TPSA) is 66.7 Å². The largest absolute Gasteiger partial charge is 0.359 e. The van der Waals surface area contributed by atoms with Gasteiger partial charge in [-0.3, -0.25) is 9.59 Å². The van der Waals surface area contributed by atoms with Crippen molar-refractivity contribution in [1.29, 1.82) is 0 Å². The molecular formula is C18H19N3O3. The fourth-order valence-corrected chi connectivity index (χ4v) is 3.43. The van der Waals surface area contributed by atoms with Gasteiger partial charge in [-0.15, -0.1) is 0 Å². The van der Waals surface area contributed by atoms with Gasteiger partial charge in [-0.25, -0.2) is 0 Å². The normalized spacial score (nSPS) is 20.6. The molecule has 0 aliphatic carbocycles. The third-order valence-corrected chi connectivity index (χ3v) is 4.75. The highest BCUT2D eigenvalue weighted by atomic mass is 16.5. The summed E-state index contributed by atoms with van der Waals surface area (Å²) in [5.41, 5.74) is 2.89. The van der Waals surface area contributed by atoms with Crippen LogP contribution < -0.4 is 0 Å². The Labute approximate surface area is 140 Å². The average Bonchev–Trinajstić information content (AvgIpc) is 3.23. The van der Waals surface area contributed by atoms with Crippen LogP contribution >= 0.6 is 0 Å². The molecule has 0 unspecified atom stereocenters. The molecule has 0 N–H and O–H groups in total. The zero-order valence-corrected chi connectivity index (χ0v) is 13.6. The van der Waals surface area contributed by atoms with Gasteiger partial charge in [0.05, 0.1) is 6.54 Å². The molecule has 0 bridgehead atoms. The van der Waals surface area contributed by atoms with E-state index in [1.807, 2.05) is 37.3 Å². The van der Waals surface area contributed by atoms with Gasteiger partial charge in [0.25, 0.3) is 0 Å². The molecular weight excluding hydrogens is 306 g/mol. The van der Waals surface area contributed by atoms with Gasteiger partial charge in [0.1, 0.15) is 18.3 Å². The van der Waals surface area contributed by atoms with Crippen LogP contribution in [0.1, 0.15) is 24.2 Å². The first-order valence-electron chi connectivity index (χ1n) is 8.23. The van der Waals surface area contributed by atoms with E-state index in [1.165, 1.54) is 5.56 Å². The van der Waals surface area contributed by atoms with E-state index in [0.29, 0.717) is 12.3 Å². The van der Waals surface area contributed by atoms with E-state index >= 15 is 0 Å². The van der Waals surface area contributed by atoms with E-state index in [0.717, 1.165) is 24.1 Å². The van der Waals surface area contributed by atoms with Crippen molar-refractivity contribution >= 4 is 11.8 Å². The maximum atomic E-state index is 12.5. The minimum atomic E-state index is -0.286. The third kappa shape index (κ3) is 2.58. The number of rotatable bonds is 3. The second kappa shape index (κ2) is 5.78. The van der Waals surface area contributed by atoms with E-state index in [2.05, 4.69) is 5.16 Å². The molecule has 1 aromatic carbocycles. The van der Waals surface area contributed by atoms with Crippen LogP contribution in [0.15, 0.2) is 34.9 Å². The molecule has 0 saturated carbocycles. The van der Waals surface area contributed by atoms with Crippen molar-refractivity contribution in [1.82, 2.24) is 15.0 Å². The van der Waals surface area contributed by atoms with Crippen LogP contribution in [0.4, 0.5) is 0 Å². The second-order valence-corrected chi connectivity index (χ2v) is 6.48. The first-order chi connectivity index (χ1) is 11.6. The molecule has 2 aliphatic heterocycles. The Kier molecular flexibility index (Phi) is 3.59. The zero-order chi connectivity index (χ0) is 16.7. The van der Waals surface area contributed by atoms with Crippen LogP contribution in [0.2, 0.25) is 0 Å². The lowest BCUT2D eigenvalue weighted by Gasteiger charge is -2.35. The Morgan fingerprint density at radius 2 is 2.04 bits per heavy atom. The number of piperazine rings is 1. The molecule has 6 nitrogen and oxygen atoms in total. The number of fused-ring (bicyclic) bond motifs is 1. The summed E-state index contributed by atoms with van der Waals surface area (Å²) in [4.78, 5) is 28.0. The molecule has 0 spiro atoms. The molecule has 2 aliphatic rings. The fourth-order valence-electron chi connectivity index (χ4n) is 3.43. The van der Waals surface area contributed by atoms with Crippen LogP contribution in [-0.2, 0) is 16.1 Å². The van der Waals surface area contributed by atoms with E-state index in [-0.39, 0.29) is 30.9 Å². The quantitative estimate of drug-likeness (QED) is 0.865. The Morgan fingerprint density at radius 3 is 2.83 bits per heavy atom. The lowest BCUT2D eigenvalue weighted by Crippen LogP contribution is -2.56. The SMILES string of the molecule is Cc1ccc(-c2cc(CN3CC(=O)N4CCC[C@H]4C3=O)on2)cc1. The first-order valence-corrected chi connectivity index (χ1v) is 8.23. The Hall–Kier alpha value is -2.63. The number of amides is 2. The van der Waals surface area contributed by atoms with Gasteiger partial charge in [-0.05, 0) is 19.8 Å². The highest BCUT2D eigenvalue weighted by Gasteiger charge is 2.42. The number of aryl methyl sites for hydroxylation is 1. The molecule has 4 rings (SSSR count). The van der Waals surface area contributed by atoms with Crippen molar-refractivity contribution in [2.45, 2.75) is 32.4 Å². The van der Waals surface area contributed by atoms with Crippen LogP contribution in [0.3, 0.4) is 0 Å². The van der Waals surface area contributed by atoms with Gasteiger partial charge in [0.15, 0.2) is 5.76 Å². The number of nitrogens with zero attached hydrogens (tertiary/aromatic N) is 3. The number of aromatic nitrogens is 1. The van der Waals surface area contributed by atoms with Crippen molar-refractivity contribution in [3.05, 3.63) is 41.7 Å². The molecule has 3 heterocycles. The minimum absolute atomic E-state index is 0.0142. The highest BCUT2D eigenvalue weighted by Crippen LogP contribution is 2.26. The van der Waals surface area contributed by atoms with Gasteiger partial charge in [-0.1, -0.05) is 35.0 Å². The fraction of sp³-hybridized carbons (Fsp3) is 0.389. The summed E-state index contributed by atoms with van der Waals surface area (Å²) in [5, 5.41) is 4.08. The standard InChI is InChI=1S/C18H19N3O3/c1-12-4-6-13(7-5-12)15-9-14(24-19-15)10-20-11-17(22)21-8-2-3-16(21)18(20)23/h4-7,9,16H,2-3,8,10-11H2,1H3/t16-/m0/s1. The van der Waals surface area contributed by atoms with E-state index in [1.54, 1.807) is 9.80 Å². The van der Waals surface area contributed by atoms with Crippen LogP contribution in [0, 0.1) is 6.92 Å². The molecule has 24 heavy (non-hydrogen) atoms. The Balaban J connectivity index is 1.50. The molecule has 2 saturated heterocycles. The lowest BCUT2D eigenvalue weighted by atomic mass is 10.1. The molecule has 124 valence electrons. The lowest BCUT2D eigenvalue weighted by molar-refractivity contribution is -0.154. The number of hydrogen-bond acceptors (Lipinski definition) is 4. The van der Waals surface area contributed by atoms with E-state index in [9.17, 15) is 9.59 Å². The molecule has 0 radical (unpaired) electrons. The van der Waals surface area contributed by atoms with Gasteiger partial charge in [0, 0.05) is 18.2 Å². The Bertz CT molecular complexity index is 781. The van der Waals surface area contributed by atoms with Gasteiger partial charge in [0.2, 0.25) is 11.8 Å². The minimum Gasteiger partial charge on any atom is -0.359 e. The van der Waals surface area contributed by atoms with Crippen LogP contribution in [0.5, 0.6) is 0 Å². The predicted molar refractivity (Wildman–Crippen MR) is 86.8 cm³/mol. The maximum absolute atomic E-state index is 12.5. The van der Waals surface area contributed by atoms with Gasteiger partial charge >= 0.3 is 0 Å². The molecule has 2 fully saturated rings. The monoisotopic (exact) mass is 325 g/mol. The summed E-state index contributed by atoms with van der Waals surface area (Å²) in [6, 6.07) is 9.57. The molecule has 1 atom stereocenters. The number of hydrogen-bond donors (Lipinski definition) is 0.